The van der Waals surface area contributed by atoms with Gasteiger partial charge < -0.3 is 30.1 Å². The monoisotopic (exact) mass is 480 g/mol. The molecular weight excluding hydrogens is 440 g/mol. The van der Waals surface area contributed by atoms with E-state index in [4.69, 9.17) is 14.6 Å². The minimum Gasteiger partial charge on any atom is -0.396 e. The Balaban J connectivity index is 1.51. The van der Waals surface area contributed by atoms with Gasteiger partial charge in [-0.2, -0.15) is 0 Å². The minimum absolute atomic E-state index is 0.146. The highest BCUT2D eigenvalue weighted by atomic mass is 16.5. The van der Waals surface area contributed by atoms with Crippen LogP contribution in [0.4, 0.5) is 0 Å². The van der Waals surface area contributed by atoms with Gasteiger partial charge in [0, 0.05) is 46.4 Å². The number of ether oxygens (including phenoxy) is 2. The summed E-state index contributed by atoms with van der Waals surface area (Å²) in [5.74, 6) is -1.77. The zero-order chi connectivity index (χ0) is 24.3. The highest BCUT2D eigenvalue weighted by molar-refractivity contribution is 5.99. The van der Waals surface area contributed by atoms with E-state index in [1.54, 1.807) is 11.9 Å². The van der Waals surface area contributed by atoms with Crippen LogP contribution in [-0.4, -0.2) is 109 Å². The smallest absolute Gasteiger partial charge is 0.245 e. The summed E-state index contributed by atoms with van der Waals surface area (Å²) in [6.07, 6.45) is 4.46. The Labute approximate surface area is 201 Å². The Bertz CT molecular complexity index is 775. The number of unbranched alkanes of at least 4 members (excludes halogenated alkanes) is 3. The number of morpholine rings is 1. The minimum atomic E-state index is -0.961. The highest BCUT2D eigenvalue weighted by Gasteiger charge is 2.77. The lowest BCUT2D eigenvalue weighted by Crippen LogP contribution is -2.56. The molecule has 4 saturated heterocycles. The molecule has 0 aromatic heterocycles. The molecule has 2 unspecified atom stereocenters. The molecular formula is C24H40N4O6. The molecule has 0 aromatic carbocycles. The summed E-state index contributed by atoms with van der Waals surface area (Å²) in [6.45, 7) is 6.82. The van der Waals surface area contributed by atoms with Gasteiger partial charge in [0.15, 0.2) is 0 Å². The number of carbonyl (C=O) groups is 3. The summed E-state index contributed by atoms with van der Waals surface area (Å²) in [7, 11) is 1.58. The Morgan fingerprint density at radius 2 is 1.82 bits per heavy atom. The lowest BCUT2D eigenvalue weighted by molar-refractivity contribution is -0.146. The third kappa shape index (κ3) is 4.45. The number of nitrogens with zero attached hydrogens (tertiary/aromatic N) is 2. The molecule has 4 aliphatic rings. The van der Waals surface area contributed by atoms with Crippen LogP contribution < -0.4 is 10.6 Å². The van der Waals surface area contributed by atoms with Gasteiger partial charge in [-0.05, 0) is 32.6 Å². The average molecular weight is 481 g/mol. The zero-order valence-electron chi connectivity index (χ0n) is 20.5. The SMILES string of the molecule is CNC(=O)[C@H]1[C@H]2C(=O)N(CCCCCCO)C(C(=O)NCCN3CCOCC3)C23CC[C@]1(C)O3. The summed E-state index contributed by atoms with van der Waals surface area (Å²) >= 11 is 0. The number of carbonyl (C=O) groups excluding carboxylic acids is 3. The summed E-state index contributed by atoms with van der Waals surface area (Å²) in [6, 6.07) is -0.732. The number of hydrogen-bond donors (Lipinski definition) is 3. The van der Waals surface area contributed by atoms with Crippen molar-refractivity contribution < 1.29 is 29.0 Å². The Morgan fingerprint density at radius 1 is 1.09 bits per heavy atom. The van der Waals surface area contributed by atoms with Crippen LogP contribution in [0.15, 0.2) is 0 Å². The average Bonchev–Trinajstić information content (AvgIpc) is 3.40. The van der Waals surface area contributed by atoms with Crippen molar-refractivity contribution in [1.82, 2.24) is 20.4 Å². The first-order valence-corrected chi connectivity index (χ1v) is 12.8. The van der Waals surface area contributed by atoms with Crippen molar-refractivity contribution >= 4 is 17.7 Å². The molecule has 1 spiro atoms. The Morgan fingerprint density at radius 3 is 2.53 bits per heavy atom. The van der Waals surface area contributed by atoms with E-state index in [-0.39, 0.29) is 24.3 Å². The maximum atomic E-state index is 13.7. The van der Waals surface area contributed by atoms with Crippen molar-refractivity contribution in [3.05, 3.63) is 0 Å². The van der Waals surface area contributed by atoms with Crippen molar-refractivity contribution in [3.8, 4) is 0 Å². The van der Waals surface area contributed by atoms with Gasteiger partial charge in [-0.1, -0.05) is 12.8 Å². The van der Waals surface area contributed by atoms with Gasteiger partial charge in [-0.3, -0.25) is 19.3 Å². The van der Waals surface area contributed by atoms with Gasteiger partial charge >= 0.3 is 0 Å². The fraction of sp³-hybridized carbons (Fsp3) is 0.875. The number of rotatable bonds is 11. The summed E-state index contributed by atoms with van der Waals surface area (Å²) in [5, 5.41) is 14.8. The topological polar surface area (TPSA) is 120 Å². The molecule has 34 heavy (non-hydrogen) atoms. The van der Waals surface area contributed by atoms with Gasteiger partial charge in [-0.15, -0.1) is 0 Å². The van der Waals surface area contributed by atoms with E-state index in [2.05, 4.69) is 15.5 Å². The second-order valence-corrected chi connectivity index (χ2v) is 10.3. The van der Waals surface area contributed by atoms with Crippen LogP contribution in [0.1, 0.15) is 45.4 Å². The number of amides is 3. The van der Waals surface area contributed by atoms with Gasteiger partial charge in [-0.25, -0.2) is 0 Å². The molecule has 4 heterocycles. The standard InChI is InChI=1S/C24H40N4O6/c1-23-7-8-24(34-23)18(17(23)20(30)25-2)22(32)28(10-5-3-4-6-14-29)19(24)21(31)26-9-11-27-12-15-33-16-13-27/h17-19,29H,3-16H2,1-2H3,(H,25,30)(H,26,31)/t17-,18+,19?,23+,24?/m1/s1. The van der Waals surface area contributed by atoms with Crippen LogP contribution in [0, 0.1) is 11.8 Å². The largest absolute Gasteiger partial charge is 0.396 e. The first-order chi connectivity index (χ1) is 16.4. The number of aliphatic hydroxyl groups is 1. The van der Waals surface area contributed by atoms with Crippen LogP contribution in [0.2, 0.25) is 0 Å². The zero-order valence-corrected chi connectivity index (χ0v) is 20.5. The van der Waals surface area contributed by atoms with Gasteiger partial charge in [0.1, 0.15) is 11.6 Å². The summed E-state index contributed by atoms with van der Waals surface area (Å²) in [5.41, 5.74) is -1.70. The molecule has 4 fully saturated rings. The van der Waals surface area contributed by atoms with Crippen molar-refractivity contribution in [3.63, 3.8) is 0 Å². The van der Waals surface area contributed by atoms with Crippen molar-refractivity contribution in [2.24, 2.45) is 11.8 Å². The fourth-order valence-corrected chi connectivity index (χ4v) is 6.53. The molecule has 10 heteroatoms. The fourth-order valence-electron chi connectivity index (χ4n) is 6.53. The first-order valence-electron chi connectivity index (χ1n) is 12.8. The normalized spacial score (nSPS) is 35.0. The third-order valence-corrected chi connectivity index (χ3v) is 8.19. The summed E-state index contributed by atoms with van der Waals surface area (Å²) < 4.78 is 11.9. The predicted molar refractivity (Wildman–Crippen MR) is 124 cm³/mol. The van der Waals surface area contributed by atoms with E-state index in [9.17, 15) is 14.4 Å². The van der Waals surface area contributed by atoms with Crippen LogP contribution in [0.25, 0.3) is 0 Å². The number of nitrogens with one attached hydrogen (secondary N) is 2. The third-order valence-electron chi connectivity index (χ3n) is 8.19. The van der Waals surface area contributed by atoms with Gasteiger partial charge in [0.05, 0.1) is 30.7 Å². The lowest BCUT2D eigenvalue weighted by atomic mass is 9.66. The molecule has 4 rings (SSSR count). The molecule has 0 saturated carbocycles. The van der Waals surface area contributed by atoms with E-state index in [0.717, 1.165) is 45.3 Å². The lowest BCUT2D eigenvalue weighted by Gasteiger charge is -2.34. The molecule has 4 aliphatic heterocycles. The molecule has 2 bridgehead atoms. The van der Waals surface area contributed by atoms with Crippen LogP contribution in [-0.2, 0) is 23.9 Å². The van der Waals surface area contributed by atoms with Gasteiger partial charge in [0.2, 0.25) is 17.7 Å². The first kappa shape index (κ1) is 25.3. The molecule has 10 nitrogen and oxygen atoms in total. The van der Waals surface area contributed by atoms with E-state index in [0.29, 0.717) is 39.1 Å². The highest BCUT2D eigenvalue weighted by Crippen LogP contribution is 2.63. The second kappa shape index (κ2) is 10.5. The molecule has 0 aromatic rings. The van der Waals surface area contributed by atoms with E-state index >= 15 is 0 Å². The molecule has 3 amide bonds. The number of fused-ring (bicyclic) bond motifs is 1. The molecule has 192 valence electrons. The number of hydrogen-bond acceptors (Lipinski definition) is 7. The predicted octanol–water partition coefficient (Wildman–Crippen LogP) is -0.502. The van der Waals surface area contributed by atoms with E-state index in [1.165, 1.54) is 0 Å². The van der Waals surface area contributed by atoms with Crippen molar-refractivity contribution in [1.29, 1.82) is 0 Å². The maximum absolute atomic E-state index is 13.7. The van der Waals surface area contributed by atoms with Gasteiger partial charge in [0.25, 0.3) is 0 Å². The second-order valence-electron chi connectivity index (χ2n) is 10.3. The van der Waals surface area contributed by atoms with Crippen molar-refractivity contribution in [2.75, 3.05) is 59.6 Å². The molecule has 5 atom stereocenters. The molecule has 0 radical (unpaired) electrons. The molecule has 0 aliphatic carbocycles. The molecule has 3 N–H and O–H groups in total. The van der Waals surface area contributed by atoms with E-state index in [1.807, 2.05) is 6.92 Å². The number of likely N-dealkylation sites (tertiary alicyclic amines) is 1. The number of aliphatic hydroxyl groups excluding tert-OH is 1. The van der Waals surface area contributed by atoms with Crippen LogP contribution in [0.5, 0.6) is 0 Å². The van der Waals surface area contributed by atoms with Crippen molar-refractivity contribution in [2.45, 2.75) is 62.7 Å². The Kier molecular flexibility index (Phi) is 7.81. The maximum Gasteiger partial charge on any atom is 0.245 e. The summed E-state index contributed by atoms with van der Waals surface area (Å²) in [4.78, 5) is 44.1. The van der Waals surface area contributed by atoms with Crippen LogP contribution >= 0.6 is 0 Å². The Hall–Kier alpha value is -1.75. The van der Waals surface area contributed by atoms with Crippen LogP contribution in [0.3, 0.4) is 0 Å². The quantitative estimate of drug-likeness (QED) is 0.341. The van der Waals surface area contributed by atoms with E-state index < -0.39 is 29.1 Å².